The zero-order valence-electron chi connectivity index (χ0n) is 10.3. The summed E-state index contributed by atoms with van der Waals surface area (Å²) in [4.78, 5) is 12.2. The molecule has 0 atom stereocenters. The second-order valence-electron chi connectivity index (χ2n) is 4.14. The average molecular weight is 393 g/mol. The van der Waals surface area contributed by atoms with Crippen molar-refractivity contribution in [2.45, 2.75) is 6.92 Å². The first-order valence-corrected chi connectivity index (χ1v) is 7.54. The highest BCUT2D eigenvalue weighted by atomic mass is 79.9. The monoisotopic (exact) mass is 391 g/mol. The van der Waals surface area contributed by atoms with Gasteiger partial charge in [0.1, 0.15) is 0 Å². The molecule has 0 aliphatic carbocycles. The quantitative estimate of drug-likeness (QED) is 0.669. The molecule has 1 amide bonds. The van der Waals surface area contributed by atoms with E-state index in [1.54, 1.807) is 30.3 Å². The normalized spacial score (nSPS) is 10.4. The van der Waals surface area contributed by atoms with Gasteiger partial charge in [0.2, 0.25) is 0 Å². The number of hydrogen-bond donors (Lipinski definition) is 1. The zero-order chi connectivity index (χ0) is 14.9. The Morgan fingerprint density at radius 1 is 1.15 bits per heavy atom. The van der Waals surface area contributed by atoms with Gasteiger partial charge >= 0.3 is 0 Å². The summed E-state index contributed by atoms with van der Waals surface area (Å²) in [6, 6.07) is 8.43. The van der Waals surface area contributed by atoms with Crippen molar-refractivity contribution < 1.29 is 4.79 Å². The first-order chi connectivity index (χ1) is 9.40. The predicted molar refractivity (Wildman–Crippen MR) is 88.3 cm³/mol. The Hall–Kier alpha value is -0.740. The van der Waals surface area contributed by atoms with Gasteiger partial charge in [0.15, 0.2) is 0 Å². The number of nitrogens with one attached hydrogen (secondary N) is 1. The molecule has 104 valence electrons. The summed E-state index contributed by atoms with van der Waals surface area (Å²) in [5, 5.41) is 4.00. The maximum Gasteiger partial charge on any atom is 0.257 e. The van der Waals surface area contributed by atoms with Gasteiger partial charge < -0.3 is 5.32 Å². The predicted octanol–water partition coefficient (Wildman–Crippen LogP) is 5.97. The molecule has 0 unspecified atom stereocenters. The fourth-order valence-corrected chi connectivity index (χ4v) is 2.62. The fourth-order valence-electron chi connectivity index (χ4n) is 1.61. The van der Waals surface area contributed by atoms with Crippen molar-refractivity contribution >= 4 is 62.3 Å². The SMILES string of the molecule is Cc1cc(Cl)c(NC(=O)c2cccc(Br)c2Cl)cc1Cl. The van der Waals surface area contributed by atoms with Crippen LogP contribution in [0.15, 0.2) is 34.8 Å². The van der Waals surface area contributed by atoms with Crippen LogP contribution in [-0.4, -0.2) is 5.91 Å². The molecule has 0 heterocycles. The van der Waals surface area contributed by atoms with Crippen LogP contribution in [0, 0.1) is 6.92 Å². The van der Waals surface area contributed by atoms with Crippen LogP contribution in [0.5, 0.6) is 0 Å². The lowest BCUT2D eigenvalue weighted by Crippen LogP contribution is -2.13. The Bertz CT molecular complexity index is 688. The van der Waals surface area contributed by atoms with Crippen molar-refractivity contribution in [3.8, 4) is 0 Å². The Morgan fingerprint density at radius 3 is 2.55 bits per heavy atom. The van der Waals surface area contributed by atoms with Crippen LogP contribution in [0.25, 0.3) is 0 Å². The number of halogens is 4. The van der Waals surface area contributed by atoms with E-state index in [0.717, 1.165) is 5.56 Å². The van der Waals surface area contributed by atoms with E-state index >= 15 is 0 Å². The molecule has 6 heteroatoms. The third-order valence-corrected chi connectivity index (χ3v) is 4.71. The number of amides is 1. The summed E-state index contributed by atoms with van der Waals surface area (Å²) in [5.41, 5.74) is 1.65. The largest absolute Gasteiger partial charge is 0.321 e. The molecule has 0 bridgehead atoms. The molecular weight excluding hydrogens is 384 g/mol. The van der Waals surface area contributed by atoms with E-state index in [0.29, 0.717) is 30.8 Å². The van der Waals surface area contributed by atoms with Crippen molar-refractivity contribution in [2.75, 3.05) is 5.32 Å². The molecular formula is C14H9BrCl3NO. The van der Waals surface area contributed by atoms with Crippen LogP contribution in [-0.2, 0) is 0 Å². The molecule has 2 nitrogen and oxygen atoms in total. The zero-order valence-corrected chi connectivity index (χ0v) is 14.2. The summed E-state index contributed by atoms with van der Waals surface area (Å²) in [6.07, 6.45) is 0. The maximum absolute atomic E-state index is 12.2. The van der Waals surface area contributed by atoms with Gasteiger partial charge in [0.05, 0.1) is 21.3 Å². The lowest BCUT2D eigenvalue weighted by Gasteiger charge is -2.10. The molecule has 0 saturated heterocycles. The average Bonchev–Trinajstić information content (AvgIpc) is 2.39. The van der Waals surface area contributed by atoms with Gasteiger partial charge in [-0.3, -0.25) is 4.79 Å². The van der Waals surface area contributed by atoms with Gasteiger partial charge in [0, 0.05) is 9.50 Å². The fraction of sp³-hybridized carbons (Fsp3) is 0.0714. The second-order valence-corrected chi connectivity index (χ2v) is 6.18. The molecule has 0 aromatic heterocycles. The van der Waals surface area contributed by atoms with Crippen molar-refractivity contribution in [3.05, 3.63) is 61.0 Å². The molecule has 0 fully saturated rings. The number of carbonyl (C=O) groups is 1. The number of benzene rings is 2. The standard InChI is InChI=1S/C14H9BrCl3NO/c1-7-5-11(17)12(6-10(7)16)19-14(20)8-3-2-4-9(15)13(8)18/h2-6H,1H3,(H,19,20). The molecule has 2 aromatic carbocycles. The Labute approximate surface area is 140 Å². The minimum Gasteiger partial charge on any atom is -0.321 e. The van der Waals surface area contributed by atoms with Crippen LogP contribution in [0.3, 0.4) is 0 Å². The maximum atomic E-state index is 12.2. The Kier molecular flexibility index (Phi) is 4.97. The van der Waals surface area contributed by atoms with Gasteiger partial charge in [-0.2, -0.15) is 0 Å². The van der Waals surface area contributed by atoms with E-state index in [1.807, 2.05) is 6.92 Å². The van der Waals surface area contributed by atoms with Crippen LogP contribution >= 0.6 is 50.7 Å². The number of anilines is 1. The molecule has 20 heavy (non-hydrogen) atoms. The van der Waals surface area contributed by atoms with E-state index in [-0.39, 0.29) is 5.91 Å². The third kappa shape index (κ3) is 3.29. The van der Waals surface area contributed by atoms with Gasteiger partial charge in [0.25, 0.3) is 5.91 Å². The van der Waals surface area contributed by atoms with Crippen molar-refractivity contribution in [1.82, 2.24) is 0 Å². The second kappa shape index (κ2) is 6.35. The summed E-state index contributed by atoms with van der Waals surface area (Å²) in [7, 11) is 0. The van der Waals surface area contributed by atoms with E-state index in [4.69, 9.17) is 34.8 Å². The van der Waals surface area contributed by atoms with Crippen LogP contribution in [0.1, 0.15) is 15.9 Å². The molecule has 1 N–H and O–H groups in total. The van der Waals surface area contributed by atoms with Gasteiger partial charge in [-0.15, -0.1) is 0 Å². The van der Waals surface area contributed by atoms with Gasteiger partial charge in [-0.05, 0) is 52.7 Å². The molecule has 0 aliphatic rings. The van der Waals surface area contributed by atoms with Crippen molar-refractivity contribution in [3.63, 3.8) is 0 Å². The number of carbonyl (C=O) groups excluding carboxylic acids is 1. The first kappa shape index (κ1) is 15.6. The first-order valence-electron chi connectivity index (χ1n) is 5.61. The van der Waals surface area contributed by atoms with E-state index < -0.39 is 0 Å². The number of rotatable bonds is 2. The molecule has 0 saturated carbocycles. The van der Waals surface area contributed by atoms with Crippen molar-refractivity contribution in [2.24, 2.45) is 0 Å². The van der Waals surface area contributed by atoms with Crippen LogP contribution in [0.2, 0.25) is 15.1 Å². The molecule has 2 rings (SSSR count). The molecule has 0 radical (unpaired) electrons. The lowest BCUT2D eigenvalue weighted by atomic mass is 10.2. The number of aryl methyl sites for hydroxylation is 1. The molecule has 0 spiro atoms. The summed E-state index contributed by atoms with van der Waals surface area (Å²) in [5.74, 6) is -0.349. The number of hydrogen-bond acceptors (Lipinski definition) is 1. The highest BCUT2D eigenvalue weighted by Crippen LogP contribution is 2.31. The Balaban J connectivity index is 2.33. The van der Waals surface area contributed by atoms with E-state index in [2.05, 4.69) is 21.2 Å². The Morgan fingerprint density at radius 2 is 1.85 bits per heavy atom. The summed E-state index contributed by atoms with van der Waals surface area (Å²) < 4.78 is 0.653. The molecule has 0 aliphatic heterocycles. The van der Waals surface area contributed by atoms with Crippen LogP contribution < -0.4 is 5.32 Å². The van der Waals surface area contributed by atoms with Crippen molar-refractivity contribution in [1.29, 1.82) is 0 Å². The van der Waals surface area contributed by atoms with Crippen LogP contribution in [0.4, 0.5) is 5.69 Å². The third-order valence-electron chi connectivity index (χ3n) is 2.69. The smallest absolute Gasteiger partial charge is 0.257 e. The molecule has 2 aromatic rings. The summed E-state index contributed by atoms with van der Waals surface area (Å²) >= 11 is 21.5. The van der Waals surface area contributed by atoms with Gasteiger partial charge in [-0.1, -0.05) is 40.9 Å². The highest BCUT2D eigenvalue weighted by molar-refractivity contribution is 9.10. The summed E-state index contributed by atoms with van der Waals surface area (Å²) in [6.45, 7) is 1.84. The van der Waals surface area contributed by atoms with Gasteiger partial charge in [-0.25, -0.2) is 0 Å². The topological polar surface area (TPSA) is 29.1 Å². The minimum atomic E-state index is -0.349. The van der Waals surface area contributed by atoms with E-state index in [1.165, 1.54) is 0 Å². The minimum absolute atomic E-state index is 0.347. The van der Waals surface area contributed by atoms with E-state index in [9.17, 15) is 4.79 Å². The highest BCUT2D eigenvalue weighted by Gasteiger charge is 2.14. The lowest BCUT2D eigenvalue weighted by molar-refractivity contribution is 0.102.